The first-order valence-corrected chi connectivity index (χ1v) is 6.73. The molecular formula is C13H19Cl2NO2. The SMILES string of the molecule is CCOCC(C)NCC(O)c1cc(Cl)cc(Cl)c1. The van der Waals surface area contributed by atoms with Gasteiger partial charge in [-0.3, -0.25) is 0 Å². The van der Waals surface area contributed by atoms with Crippen LogP contribution in [0.5, 0.6) is 0 Å². The highest BCUT2D eigenvalue weighted by Gasteiger charge is 2.11. The minimum absolute atomic E-state index is 0.189. The molecule has 0 fully saturated rings. The molecule has 0 bridgehead atoms. The van der Waals surface area contributed by atoms with Gasteiger partial charge in [-0.2, -0.15) is 0 Å². The van der Waals surface area contributed by atoms with Gasteiger partial charge in [0.15, 0.2) is 0 Å². The summed E-state index contributed by atoms with van der Waals surface area (Å²) >= 11 is 11.8. The standard InChI is InChI=1S/C13H19Cl2NO2/c1-3-18-8-9(2)16-7-13(17)10-4-11(14)6-12(15)5-10/h4-6,9,13,16-17H,3,7-8H2,1-2H3. The summed E-state index contributed by atoms with van der Waals surface area (Å²) < 4.78 is 5.29. The van der Waals surface area contributed by atoms with Gasteiger partial charge in [0.25, 0.3) is 0 Å². The molecule has 0 heterocycles. The van der Waals surface area contributed by atoms with E-state index in [0.29, 0.717) is 35.4 Å². The van der Waals surface area contributed by atoms with Crippen LogP contribution in [-0.2, 0) is 4.74 Å². The summed E-state index contributed by atoms with van der Waals surface area (Å²) in [7, 11) is 0. The van der Waals surface area contributed by atoms with Gasteiger partial charge in [-0.1, -0.05) is 23.2 Å². The smallest absolute Gasteiger partial charge is 0.0915 e. The first-order valence-electron chi connectivity index (χ1n) is 5.98. The molecule has 0 aromatic heterocycles. The Morgan fingerprint density at radius 2 is 1.89 bits per heavy atom. The molecule has 3 nitrogen and oxygen atoms in total. The van der Waals surface area contributed by atoms with E-state index in [0.717, 1.165) is 0 Å². The van der Waals surface area contributed by atoms with Crippen LogP contribution in [0.4, 0.5) is 0 Å². The van der Waals surface area contributed by atoms with Gasteiger partial charge in [0, 0.05) is 29.2 Å². The number of nitrogens with one attached hydrogen (secondary N) is 1. The zero-order valence-electron chi connectivity index (χ0n) is 10.6. The second kappa shape index (κ2) is 7.97. The molecule has 0 radical (unpaired) electrons. The molecule has 0 aliphatic carbocycles. The lowest BCUT2D eigenvalue weighted by Crippen LogP contribution is -2.33. The van der Waals surface area contributed by atoms with Crippen molar-refractivity contribution in [2.75, 3.05) is 19.8 Å². The summed E-state index contributed by atoms with van der Waals surface area (Å²) in [6.07, 6.45) is -0.634. The number of hydrogen-bond acceptors (Lipinski definition) is 3. The van der Waals surface area contributed by atoms with E-state index in [4.69, 9.17) is 27.9 Å². The average molecular weight is 292 g/mol. The van der Waals surface area contributed by atoms with Gasteiger partial charge in [0.2, 0.25) is 0 Å². The van der Waals surface area contributed by atoms with Crippen LogP contribution in [0.1, 0.15) is 25.5 Å². The van der Waals surface area contributed by atoms with Crippen molar-refractivity contribution < 1.29 is 9.84 Å². The van der Waals surface area contributed by atoms with Crippen molar-refractivity contribution in [2.45, 2.75) is 26.0 Å². The quantitative estimate of drug-likeness (QED) is 0.811. The van der Waals surface area contributed by atoms with E-state index >= 15 is 0 Å². The van der Waals surface area contributed by atoms with Crippen LogP contribution in [0.15, 0.2) is 18.2 Å². The zero-order valence-corrected chi connectivity index (χ0v) is 12.1. The highest BCUT2D eigenvalue weighted by molar-refractivity contribution is 6.34. The molecule has 1 rings (SSSR count). The van der Waals surface area contributed by atoms with E-state index in [1.165, 1.54) is 0 Å². The largest absolute Gasteiger partial charge is 0.387 e. The molecule has 0 amide bonds. The van der Waals surface area contributed by atoms with Gasteiger partial charge < -0.3 is 15.2 Å². The monoisotopic (exact) mass is 291 g/mol. The van der Waals surface area contributed by atoms with Crippen LogP contribution < -0.4 is 5.32 Å². The number of rotatable bonds is 7. The Labute approximate surface area is 118 Å². The molecule has 1 aromatic rings. The Morgan fingerprint density at radius 3 is 2.44 bits per heavy atom. The van der Waals surface area contributed by atoms with Crippen molar-refractivity contribution in [3.63, 3.8) is 0 Å². The predicted molar refractivity (Wildman–Crippen MR) is 75.4 cm³/mol. The van der Waals surface area contributed by atoms with Crippen molar-refractivity contribution in [1.29, 1.82) is 0 Å². The number of benzene rings is 1. The first kappa shape index (κ1) is 15.7. The Morgan fingerprint density at radius 1 is 1.28 bits per heavy atom. The number of aliphatic hydroxyl groups excluding tert-OH is 1. The third kappa shape index (κ3) is 5.55. The van der Waals surface area contributed by atoms with Crippen molar-refractivity contribution in [3.05, 3.63) is 33.8 Å². The molecule has 0 spiro atoms. The van der Waals surface area contributed by atoms with Crippen molar-refractivity contribution in [1.82, 2.24) is 5.32 Å². The lowest BCUT2D eigenvalue weighted by molar-refractivity contribution is 0.116. The Kier molecular flexibility index (Phi) is 6.97. The van der Waals surface area contributed by atoms with Crippen LogP contribution in [0.2, 0.25) is 10.0 Å². The molecule has 1 aromatic carbocycles. The fraction of sp³-hybridized carbons (Fsp3) is 0.538. The Balaban J connectivity index is 2.47. The van der Waals surface area contributed by atoms with Crippen molar-refractivity contribution >= 4 is 23.2 Å². The molecule has 0 saturated carbocycles. The van der Waals surface area contributed by atoms with Crippen LogP contribution in [0, 0.1) is 0 Å². The second-order valence-electron chi connectivity index (χ2n) is 4.19. The molecule has 18 heavy (non-hydrogen) atoms. The summed E-state index contributed by atoms with van der Waals surface area (Å²) in [5, 5.41) is 14.3. The van der Waals surface area contributed by atoms with Gasteiger partial charge in [0.05, 0.1) is 12.7 Å². The first-order chi connectivity index (χ1) is 8.52. The normalized spacial score (nSPS) is 14.5. The predicted octanol–water partition coefficient (Wildman–Crippen LogP) is 3.04. The summed E-state index contributed by atoms with van der Waals surface area (Å²) in [6.45, 7) is 5.71. The third-order valence-electron chi connectivity index (χ3n) is 2.50. The van der Waals surface area contributed by atoms with Crippen LogP contribution >= 0.6 is 23.2 Å². The van der Waals surface area contributed by atoms with Crippen molar-refractivity contribution in [3.8, 4) is 0 Å². The van der Waals surface area contributed by atoms with E-state index in [-0.39, 0.29) is 6.04 Å². The van der Waals surface area contributed by atoms with E-state index < -0.39 is 6.10 Å². The van der Waals surface area contributed by atoms with E-state index in [9.17, 15) is 5.11 Å². The number of hydrogen-bond donors (Lipinski definition) is 2. The third-order valence-corrected chi connectivity index (χ3v) is 2.94. The van der Waals surface area contributed by atoms with Gasteiger partial charge in [-0.05, 0) is 37.6 Å². The van der Waals surface area contributed by atoms with Crippen LogP contribution in [0.3, 0.4) is 0 Å². The highest BCUT2D eigenvalue weighted by atomic mass is 35.5. The molecule has 5 heteroatoms. The summed E-state index contributed by atoms with van der Waals surface area (Å²) in [4.78, 5) is 0. The van der Waals surface area contributed by atoms with Crippen LogP contribution in [0.25, 0.3) is 0 Å². The lowest BCUT2D eigenvalue weighted by Gasteiger charge is -2.17. The number of halogens is 2. The summed E-state index contributed by atoms with van der Waals surface area (Å²) in [5.41, 5.74) is 0.712. The minimum Gasteiger partial charge on any atom is -0.387 e. The number of aliphatic hydroxyl groups is 1. The Hall–Kier alpha value is -0.320. The average Bonchev–Trinajstić information content (AvgIpc) is 2.32. The minimum atomic E-state index is -0.634. The second-order valence-corrected chi connectivity index (χ2v) is 5.06. The van der Waals surface area contributed by atoms with Crippen molar-refractivity contribution in [2.24, 2.45) is 0 Å². The van der Waals surface area contributed by atoms with Gasteiger partial charge in [-0.15, -0.1) is 0 Å². The topological polar surface area (TPSA) is 41.5 Å². The molecular weight excluding hydrogens is 273 g/mol. The molecule has 0 saturated heterocycles. The van der Waals surface area contributed by atoms with Gasteiger partial charge in [-0.25, -0.2) is 0 Å². The summed E-state index contributed by atoms with van der Waals surface area (Å²) in [6, 6.07) is 5.26. The molecule has 2 atom stereocenters. The maximum Gasteiger partial charge on any atom is 0.0915 e. The van der Waals surface area contributed by atoms with Gasteiger partial charge in [0.1, 0.15) is 0 Å². The molecule has 0 aliphatic rings. The van der Waals surface area contributed by atoms with E-state index in [1.54, 1.807) is 18.2 Å². The number of ether oxygens (including phenoxy) is 1. The molecule has 102 valence electrons. The molecule has 2 unspecified atom stereocenters. The van der Waals surface area contributed by atoms with Gasteiger partial charge >= 0.3 is 0 Å². The van der Waals surface area contributed by atoms with E-state index in [1.807, 2.05) is 13.8 Å². The highest BCUT2D eigenvalue weighted by Crippen LogP contribution is 2.23. The lowest BCUT2D eigenvalue weighted by atomic mass is 10.1. The molecule has 0 aliphatic heterocycles. The fourth-order valence-corrected chi connectivity index (χ4v) is 2.09. The maximum atomic E-state index is 10.0. The van der Waals surface area contributed by atoms with Crippen LogP contribution in [-0.4, -0.2) is 30.9 Å². The van der Waals surface area contributed by atoms with E-state index in [2.05, 4.69) is 5.32 Å². The Bertz CT molecular complexity index is 354. The fourth-order valence-electron chi connectivity index (χ4n) is 1.55. The summed E-state index contributed by atoms with van der Waals surface area (Å²) in [5.74, 6) is 0. The zero-order chi connectivity index (χ0) is 13.5. The maximum absolute atomic E-state index is 10.0. The molecule has 2 N–H and O–H groups in total.